The summed E-state index contributed by atoms with van der Waals surface area (Å²) < 4.78 is 13.1. The van der Waals surface area contributed by atoms with Crippen molar-refractivity contribution in [1.29, 1.82) is 0 Å². The summed E-state index contributed by atoms with van der Waals surface area (Å²) in [5.74, 6) is -0.629. The normalized spacial score (nSPS) is 16.3. The number of amides is 5. The third-order valence-corrected chi connectivity index (χ3v) is 11.9. The second-order valence-corrected chi connectivity index (χ2v) is 16.3. The monoisotopic (exact) mass is 854 g/mol. The Balaban J connectivity index is 0.839. The zero-order valence-electron chi connectivity index (χ0n) is 35.3. The average molecular weight is 855 g/mol. The van der Waals surface area contributed by atoms with Crippen molar-refractivity contribution in [3.8, 4) is 16.9 Å². The number of hydrogen-bond acceptors (Lipinski definition) is 13. The maximum Gasteiger partial charge on any atom is 0.266 e. The summed E-state index contributed by atoms with van der Waals surface area (Å²) >= 11 is 0. The van der Waals surface area contributed by atoms with E-state index in [9.17, 15) is 28.8 Å². The van der Waals surface area contributed by atoms with Crippen LogP contribution in [0.3, 0.4) is 0 Å². The minimum atomic E-state index is -1.12. The van der Waals surface area contributed by atoms with Crippen molar-refractivity contribution < 1.29 is 38.0 Å². The number of unbranched alkanes of at least 4 members (excludes halogenated alkanes) is 2. The number of hydrogen-bond donors (Lipinski definition) is 4. The zero-order valence-corrected chi connectivity index (χ0v) is 35.3. The predicted octanol–water partition coefficient (Wildman–Crippen LogP) is 5.87. The number of carbonyl (C=O) groups is 6. The van der Waals surface area contributed by atoms with Crippen molar-refractivity contribution in [2.75, 3.05) is 18.5 Å². The van der Waals surface area contributed by atoms with E-state index < -0.39 is 42.2 Å². The molecule has 324 valence electrons. The lowest BCUT2D eigenvalue weighted by Gasteiger charge is -2.27. The van der Waals surface area contributed by atoms with Gasteiger partial charge in [0.25, 0.3) is 17.7 Å². The number of ether oxygens (including phenoxy) is 1. The minimum Gasteiger partial charge on any atom is -0.483 e. The lowest BCUT2D eigenvalue weighted by Crippen LogP contribution is -2.54. The van der Waals surface area contributed by atoms with Crippen LogP contribution in [-0.2, 0) is 20.9 Å². The Labute approximate surface area is 360 Å². The summed E-state index contributed by atoms with van der Waals surface area (Å²) in [5.41, 5.74) is 6.16. The number of benzene rings is 2. The first-order valence-electron chi connectivity index (χ1n) is 21.3. The molecule has 6 aromatic rings. The number of nitrogens with one attached hydrogen (secondary N) is 4. The molecule has 0 bridgehead atoms. The first kappa shape index (κ1) is 41.1. The topological polar surface area (TPSA) is 236 Å². The predicted molar refractivity (Wildman–Crippen MR) is 229 cm³/mol. The van der Waals surface area contributed by atoms with E-state index in [4.69, 9.17) is 24.3 Å². The summed E-state index contributed by atoms with van der Waals surface area (Å²) in [5, 5.41) is 19.1. The van der Waals surface area contributed by atoms with Gasteiger partial charge in [0, 0.05) is 54.4 Å². The third kappa shape index (κ3) is 7.80. The fourth-order valence-corrected chi connectivity index (χ4v) is 8.51. The van der Waals surface area contributed by atoms with E-state index in [2.05, 4.69) is 44.3 Å². The van der Waals surface area contributed by atoms with Crippen LogP contribution < -0.4 is 20.7 Å². The second kappa shape index (κ2) is 16.6. The molecule has 18 heteroatoms. The zero-order chi connectivity index (χ0) is 44.1. The van der Waals surface area contributed by atoms with Crippen LogP contribution in [-0.4, -0.2) is 89.3 Å². The highest BCUT2D eigenvalue weighted by Gasteiger charge is 2.46. The van der Waals surface area contributed by atoms with E-state index in [0.29, 0.717) is 49.7 Å². The SMILES string of the molecule is CCn1nc(C2CC2)cc1Nc1nc(C(=O)CCCCCNC(=O)COc2cccc3c2C(=O)N(C2CCC(=O)NC2=O)C3=O)nc2[nH]c3cc(-c4c(C)noc4C)c(C)cc3c12. The molecule has 18 nitrogen and oxygen atoms in total. The van der Waals surface area contributed by atoms with E-state index in [0.717, 1.165) is 73.7 Å². The van der Waals surface area contributed by atoms with Gasteiger partial charge in [-0.15, -0.1) is 0 Å². The second-order valence-electron chi connectivity index (χ2n) is 16.3. The van der Waals surface area contributed by atoms with Crippen molar-refractivity contribution in [3.05, 3.63) is 76.1 Å². The summed E-state index contributed by atoms with van der Waals surface area (Å²) in [7, 11) is 0. The molecule has 63 heavy (non-hydrogen) atoms. The number of fused-ring (bicyclic) bond motifs is 4. The fourth-order valence-electron chi connectivity index (χ4n) is 8.51. The van der Waals surface area contributed by atoms with Crippen LogP contribution in [0.4, 0.5) is 11.6 Å². The number of aromatic amines is 1. The lowest BCUT2D eigenvalue weighted by molar-refractivity contribution is -0.136. The van der Waals surface area contributed by atoms with E-state index in [-0.39, 0.29) is 47.7 Å². The molecule has 2 aliphatic heterocycles. The number of nitrogens with zero attached hydrogens (tertiary/aromatic N) is 6. The quantitative estimate of drug-likeness (QED) is 0.0507. The highest BCUT2D eigenvalue weighted by Crippen LogP contribution is 2.42. The Morgan fingerprint density at radius 1 is 0.952 bits per heavy atom. The molecule has 1 atom stereocenters. The highest BCUT2D eigenvalue weighted by molar-refractivity contribution is 6.24. The van der Waals surface area contributed by atoms with Crippen molar-refractivity contribution in [3.63, 3.8) is 0 Å². The standard InChI is InChI=1S/C45H46N10O8/c1-5-54-34(20-29(52-54)25-13-14-25)48-42-39-28-18-22(2)27(37-23(3)53-63-24(37)4)19-30(28)47-41(39)50-40(51-42)32(56)11-7-6-8-17-46-36(58)21-62-33-12-9-10-26-38(33)45(61)55(44(26)60)31-15-16-35(57)49-43(31)59/h9-10,12,18-20,25,31H,5-8,11,13-17,21H2,1-4H3,(H,46,58)(H,49,57,59)(H2,47,48,50,51). The number of aromatic nitrogens is 6. The number of ketones is 1. The van der Waals surface area contributed by atoms with Gasteiger partial charge >= 0.3 is 0 Å². The Kier molecular flexibility index (Phi) is 10.8. The number of H-pyrrole nitrogens is 1. The number of rotatable bonds is 16. The Morgan fingerprint density at radius 2 is 1.78 bits per heavy atom. The molecule has 3 aliphatic rings. The lowest BCUT2D eigenvalue weighted by atomic mass is 9.97. The Bertz CT molecular complexity index is 2870. The molecule has 5 amide bonds. The number of Topliss-reactive ketones (excluding diaryl/α,β-unsaturated/α-hetero) is 1. The molecule has 0 radical (unpaired) electrons. The number of piperidine rings is 1. The number of anilines is 2. The first-order chi connectivity index (χ1) is 30.4. The summed E-state index contributed by atoms with van der Waals surface area (Å²) in [4.78, 5) is 90.9. The third-order valence-electron chi connectivity index (χ3n) is 11.9. The summed E-state index contributed by atoms with van der Waals surface area (Å²) in [6.45, 7) is 8.45. The molecule has 4 N–H and O–H groups in total. The number of carbonyl (C=O) groups excluding carboxylic acids is 6. The molecule has 4 aromatic heterocycles. The number of imide groups is 2. The first-order valence-corrected chi connectivity index (χ1v) is 21.3. The van der Waals surface area contributed by atoms with Gasteiger partial charge in [0.05, 0.1) is 27.9 Å². The molecule has 2 fully saturated rings. The van der Waals surface area contributed by atoms with Gasteiger partial charge in [0.15, 0.2) is 18.2 Å². The Hall–Kier alpha value is -7.24. The van der Waals surface area contributed by atoms with Crippen LogP contribution >= 0.6 is 0 Å². The van der Waals surface area contributed by atoms with Crippen LogP contribution in [0.5, 0.6) is 5.75 Å². The molecule has 2 aromatic carbocycles. The number of aryl methyl sites for hydroxylation is 4. The van der Waals surface area contributed by atoms with Crippen LogP contribution in [0, 0.1) is 20.8 Å². The summed E-state index contributed by atoms with van der Waals surface area (Å²) in [6, 6.07) is 9.56. The van der Waals surface area contributed by atoms with E-state index >= 15 is 0 Å². The van der Waals surface area contributed by atoms with Gasteiger partial charge < -0.3 is 24.9 Å². The average Bonchev–Trinajstić information content (AvgIpc) is 3.72. The van der Waals surface area contributed by atoms with E-state index in [1.54, 1.807) is 0 Å². The Morgan fingerprint density at radius 3 is 2.52 bits per heavy atom. The molecule has 1 saturated heterocycles. The van der Waals surface area contributed by atoms with Crippen molar-refractivity contribution in [1.82, 2.24) is 45.4 Å². The maximum absolute atomic E-state index is 13.7. The molecule has 6 heterocycles. The smallest absolute Gasteiger partial charge is 0.266 e. The molecule has 0 spiro atoms. The van der Waals surface area contributed by atoms with Crippen LogP contribution in [0.1, 0.15) is 118 Å². The summed E-state index contributed by atoms with van der Waals surface area (Å²) in [6.07, 6.45) is 4.20. The van der Waals surface area contributed by atoms with Crippen molar-refractivity contribution in [2.24, 2.45) is 0 Å². The van der Waals surface area contributed by atoms with Gasteiger partial charge in [0.2, 0.25) is 11.8 Å². The van der Waals surface area contributed by atoms with Gasteiger partial charge in [-0.05, 0) is 95.2 Å². The van der Waals surface area contributed by atoms with Crippen molar-refractivity contribution in [2.45, 2.75) is 97.6 Å². The van der Waals surface area contributed by atoms with E-state index in [1.165, 1.54) is 18.2 Å². The molecule has 9 rings (SSSR count). The van der Waals surface area contributed by atoms with Gasteiger partial charge in [-0.3, -0.25) is 39.0 Å². The molecule has 1 aliphatic carbocycles. The molecular formula is C45H46N10O8. The largest absolute Gasteiger partial charge is 0.483 e. The van der Waals surface area contributed by atoms with Gasteiger partial charge in [0.1, 0.15) is 34.8 Å². The molecule has 1 unspecified atom stereocenters. The minimum absolute atomic E-state index is 0.000274. The fraction of sp³-hybridized carbons (Fsp3) is 0.378. The van der Waals surface area contributed by atoms with Crippen LogP contribution in [0.2, 0.25) is 0 Å². The highest BCUT2D eigenvalue weighted by atomic mass is 16.5. The molecule has 1 saturated carbocycles. The van der Waals surface area contributed by atoms with Gasteiger partial charge in [-0.25, -0.2) is 14.6 Å². The van der Waals surface area contributed by atoms with Gasteiger partial charge in [-0.2, -0.15) is 5.10 Å². The van der Waals surface area contributed by atoms with Crippen molar-refractivity contribution >= 4 is 68.9 Å². The van der Waals surface area contributed by atoms with E-state index in [1.807, 2.05) is 32.4 Å². The molecular weight excluding hydrogens is 809 g/mol. The van der Waals surface area contributed by atoms with Crippen LogP contribution in [0.15, 0.2) is 40.9 Å². The van der Waals surface area contributed by atoms with Crippen LogP contribution in [0.25, 0.3) is 33.1 Å². The van der Waals surface area contributed by atoms with Gasteiger partial charge in [-0.1, -0.05) is 17.6 Å². The maximum atomic E-state index is 13.7.